The molecule has 1 aliphatic rings. The van der Waals surface area contributed by atoms with Gasteiger partial charge < -0.3 is 5.73 Å². The number of nitrogens with zero attached hydrogens (tertiary/aromatic N) is 1. The second-order valence-corrected chi connectivity index (χ2v) is 5.28. The molecule has 0 spiro atoms. The number of nitrogens with two attached hydrogens (primary N) is 1. The molecule has 0 bridgehead atoms. The minimum Gasteiger partial charge on any atom is -0.326 e. The van der Waals surface area contributed by atoms with E-state index in [9.17, 15) is 4.39 Å². The fraction of sp³-hybridized carbons (Fsp3) is 0.571. The predicted molar refractivity (Wildman–Crippen MR) is 68.3 cm³/mol. The minimum atomic E-state index is -0.120. The van der Waals surface area contributed by atoms with Gasteiger partial charge in [-0.25, -0.2) is 4.39 Å². The lowest BCUT2D eigenvalue weighted by molar-refractivity contribution is 0.253. The maximum Gasteiger partial charge on any atom is 0.126 e. The first-order valence-corrected chi connectivity index (χ1v) is 6.24. The highest BCUT2D eigenvalue weighted by molar-refractivity contribution is 5.25. The molecule has 3 unspecified atom stereocenters. The van der Waals surface area contributed by atoms with Crippen LogP contribution in [0.4, 0.5) is 4.39 Å². The molecule has 0 radical (unpaired) electrons. The summed E-state index contributed by atoms with van der Waals surface area (Å²) in [5.41, 5.74) is 7.76. The summed E-state index contributed by atoms with van der Waals surface area (Å²) in [5, 5.41) is 0. The Bertz CT molecular complexity index is 395. The van der Waals surface area contributed by atoms with Gasteiger partial charge in [0.1, 0.15) is 5.82 Å². The van der Waals surface area contributed by atoms with Gasteiger partial charge in [-0.2, -0.15) is 0 Å². The Labute approximate surface area is 103 Å². The molecule has 1 saturated heterocycles. The number of benzene rings is 1. The number of hydrogen-bond donors (Lipinski definition) is 1. The van der Waals surface area contributed by atoms with Crippen molar-refractivity contribution in [2.75, 3.05) is 13.1 Å². The summed E-state index contributed by atoms with van der Waals surface area (Å²) < 4.78 is 13.5. The van der Waals surface area contributed by atoms with Gasteiger partial charge in [-0.05, 0) is 37.0 Å². The SMILES string of the molecule is Cc1ccc(C(C)N2CC(C)C(N)C2)cc1F. The van der Waals surface area contributed by atoms with Crippen molar-refractivity contribution in [3.05, 3.63) is 35.1 Å². The van der Waals surface area contributed by atoms with Gasteiger partial charge in [0.05, 0.1) is 0 Å². The number of rotatable bonds is 2. The van der Waals surface area contributed by atoms with E-state index in [1.54, 1.807) is 13.0 Å². The summed E-state index contributed by atoms with van der Waals surface area (Å²) in [6.45, 7) is 7.98. The third kappa shape index (κ3) is 2.50. The molecule has 1 heterocycles. The van der Waals surface area contributed by atoms with Crippen molar-refractivity contribution in [2.24, 2.45) is 11.7 Å². The standard InChI is InChI=1S/C14H21FN2/c1-9-4-5-12(6-13(9)15)11(3)17-7-10(2)14(16)8-17/h4-6,10-11,14H,7-8,16H2,1-3H3. The quantitative estimate of drug-likeness (QED) is 0.854. The number of hydrogen-bond acceptors (Lipinski definition) is 2. The maximum atomic E-state index is 13.5. The number of aryl methyl sites for hydroxylation is 1. The Morgan fingerprint density at radius 3 is 2.65 bits per heavy atom. The molecule has 94 valence electrons. The van der Waals surface area contributed by atoms with Crippen molar-refractivity contribution in [3.8, 4) is 0 Å². The molecule has 1 aromatic carbocycles. The fourth-order valence-electron chi connectivity index (χ4n) is 2.43. The van der Waals surface area contributed by atoms with Crippen molar-refractivity contribution < 1.29 is 4.39 Å². The van der Waals surface area contributed by atoms with E-state index in [1.165, 1.54) is 0 Å². The summed E-state index contributed by atoms with van der Waals surface area (Å²) in [5.74, 6) is 0.402. The Hall–Kier alpha value is -0.930. The van der Waals surface area contributed by atoms with Gasteiger partial charge >= 0.3 is 0 Å². The van der Waals surface area contributed by atoms with E-state index in [-0.39, 0.29) is 17.9 Å². The summed E-state index contributed by atoms with van der Waals surface area (Å²) in [7, 11) is 0. The summed E-state index contributed by atoms with van der Waals surface area (Å²) >= 11 is 0. The Kier molecular flexibility index (Phi) is 3.50. The molecule has 2 nitrogen and oxygen atoms in total. The molecule has 0 aromatic heterocycles. The first-order chi connectivity index (χ1) is 7.99. The van der Waals surface area contributed by atoms with Crippen LogP contribution in [-0.2, 0) is 0 Å². The third-order valence-corrected chi connectivity index (χ3v) is 3.92. The molecule has 0 amide bonds. The van der Waals surface area contributed by atoms with Gasteiger partial charge in [-0.3, -0.25) is 4.90 Å². The second-order valence-electron chi connectivity index (χ2n) is 5.28. The lowest BCUT2D eigenvalue weighted by atomic mass is 10.0. The van der Waals surface area contributed by atoms with Crippen molar-refractivity contribution in [1.82, 2.24) is 4.90 Å². The van der Waals surface area contributed by atoms with E-state index < -0.39 is 0 Å². The molecule has 2 rings (SSSR count). The summed E-state index contributed by atoms with van der Waals surface area (Å²) in [4.78, 5) is 2.33. The minimum absolute atomic E-state index is 0.120. The lowest BCUT2D eigenvalue weighted by Gasteiger charge is -2.24. The van der Waals surface area contributed by atoms with E-state index in [0.29, 0.717) is 11.5 Å². The second kappa shape index (κ2) is 4.75. The first kappa shape index (κ1) is 12.5. The van der Waals surface area contributed by atoms with Crippen LogP contribution >= 0.6 is 0 Å². The van der Waals surface area contributed by atoms with E-state index in [4.69, 9.17) is 5.73 Å². The van der Waals surface area contributed by atoms with E-state index >= 15 is 0 Å². The molecule has 1 aromatic rings. The molecule has 3 atom stereocenters. The van der Waals surface area contributed by atoms with Crippen LogP contribution in [0.1, 0.15) is 31.0 Å². The highest BCUT2D eigenvalue weighted by Crippen LogP contribution is 2.27. The Morgan fingerprint density at radius 2 is 2.12 bits per heavy atom. The van der Waals surface area contributed by atoms with Gasteiger partial charge in [-0.15, -0.1) is 0 Å². The van der Waals surface area contributed by atoms with Gasteiger partial charge in [-0.1, -0.05) is 19.1 Å². The Morgan fingerprint density at radius 1 is 1.41 bits per heavy atom. The number of halogens is 1. The van der Waals surface area contributed by atoms with Crippen molar-refractivity contribution >= 4 is 0 Å². The number of likely N-dealkylation sites (tertiary alicyclic amines) is 1. The van der Waals surface area contributed by atoms with Crippen LogP contribution in [0.5, 0.6) is 0 Å². The normalized spacial score (nSPS) is 27.4. The highest BCUT2D eigenvalue weighted by Gasteiger charge is 2.30. The fourth-order valence-corrected chi connectivity index (χ4v) is 2.43. The average Bonchev–Trinajstić information content (AvgIpc) is 2.62. The van der Waals surface area contributed by atoms with Crippen molar-refractivity contribution in [3.63, 3.8) is 0 Å². The zero-order valence-electron chi connectivity index (χ0n) is 10.8. The van der Waals surface area contributed by atoms with Gasteiger partial charge in [0.25, 0.3) is 0 Å². The van der Waals surface area contributed by atoms with Crippen LogP contribution in [0.3, 0.4) is 0 Å². The topological polar surface area (TPSA) is 29.3 Å². The van der Waals surface area contributed by atoms with Crippen molar-refractivity contribution in [1.29, 1.82) is 0 Å². The van der Waals surface area contributed by atoms with E-state index in [2.05, 4.69) is 18.7 Å². The van der Waals surface area contributed by atoms with Crippen LogP contribution in [-0.4, -0.2) is 24.0 Å². The molecule has 2 N–H and O–H groups in total. The smallest absolute Gasteiger partial charge is 0.126 e. The molecule has 1 aliphatic heterocycles. The van der Waals surface area contributed by atoms with Crippen molar-refractivity contribution in [2.45, 2.75) is 32.9 Å². The molecule has 1 fully saturated rings. The average molecular weight is 236 g/mol. The van der Waals surface area contributed by atoms with Crippen LogP contribution < -0.4 is 5.73 Å². The Balaban J connectivity index is 2.14. The first-order valence-electron chi connectivity index (χ1n) is 6.24. The van der Waals surface area contributed by atoms with E-state index in [1.807, 2.05) is 12.1 Å². The molecule has 0 saturated carbocycles. The maximum absolute atomic E-state index is 13.5. The largest absolute Gasteiger partial charge is 0.326 e. The summed E-state index contributed by atoms with van der Waals surface area (Å²) in [6, 6.07) is 5.99. The van der Waals surface area contributed by atoms with Crippen LogP contribution in [0.25, 0.3) is 0 Å². The molecular weight excluding hydrogens is 215 g/mol. The zero-order chi connectivity index (χ0) is 12.6. The zero-order valence-corrected chi connectivity index (χ0v) is 10.8. The van der Waals surface area contributed by atoms with Crippen LogP contribution in [0.2, 0.25) is 0 Å². The molecule has 3 heteroatoms. The summed E-state index contributed by atoms with van der Waals surface area (Å²) in [6.07, 6.45) is 0. The van der Waals surface area contributed by atoms with Gasteiger partial charge in [0, 0.05) is 25.2 Å². The van der Waals surface area contributed by atoms with E-state index in [0.717, 1.165) is 18.7 Å². The predicted octanol–water partition coefficient (Wildman–Crippen LogP) is 2.47. The van der Waals surface area contributed by atoms with Crippen LogP contribution in [0, 0.1) is 18.7 Å². The monoisotopic (exact) mass is 236 g/mol. The molecule has 0 aliphatic carbocycles. The molecule has 17 heavy (non-hydrogen) atoms. The van der Waals surface area contributed by atoms with Gasteiger partial charge in [0.15, 0.2) is 0 Å². The highest BCUT2D eigenvalue weighted by atomic mass is 19.1. The molecular formula is C14H21FN2. The lowest BCUT2D eigenvalue weighted by Crippen LogP contribution is -2.29. The van der Waals surface area contributed by atoms with Gasteiger partial charge in [0.2, 0.25) is 0 Å². The third-order valence-electron chi connectivity index (χ3n) is 3.92. The van der Waals surface area contributed by atoms with Crippen LogP contribution in [0.15, 0.2) is 18.2 Å².